The Morgan fingerprint density at radius 3 is 1.43 bits per heavy atom. The zero-order valence-electron chi connectivity index (χ0n) is 2.75. The summed E-state index contributed by atoms with van der Waals surface area (Å²) < 4.78 is 30.0. The second-order valence-electron chi connectivity index (χ2n) is 0.204. The minimum absolute atomic E-state index is 1.11. The van der Waals surface area contributed by atoms with Crippen LogP contribution in [0.2, 0.25) is 0 Å². The van der Waals surface area contributed by atoms with E-state index in [1.165, 1.54) is 0 Å². The van der Waals surface area contributed by atoms with E-state index in [-0.39, 0.29) is 0 Å². The summed E-state index contributed by atoms with van der Waals surface area (Å²) in [6.07, 6.45) is 0. The van der Waals surface area contributed by atoms with Gasteiger partial charge < -0.3 is 0 Å². The second-order valence-corrected chi connectivity index (χ2v) is 1.72. The molecule has 0 saturated carbocycles. The molecule has 0 atom stereocenters. The predicted molar refractivity (Wildman–Crippen MR) is 3.14 cm³/mol. The second kappa shape index (κ2) is 15.8. The fraction of sp³-hybridized carbons (Fsp3) is 0. The first-order valence-electron chi connectivity index (χ1n) is 0.790. The van der Waals surface area contributed by atoms with Gasteiger partial charge in [0.05, 0.1) is 0 Å². The van der Waals surface area contributed by atoms with E-state index < -0.39 is 31.0 Å². The molecule has 0 saturated heterocycles. The topological polar surface area (TPSA) is 60.4 Å². The summed E-state index contributed by atoms with van der Waals surface area (Å²) in [5, 5.41) is 0. The Labute approximate surface area is 61.1 Å². The van der Waals surface area contributed by atoms with E-state index in [9.17, 15) is 7.61 Å². The van der Waals surface area contributed by atoms with E-state index >= 15 is 0 Å². The molecule has 0 spiro atoms. The van der Waals surface area contributed by atoms with Crippen LogP contribution in [0.5, 0.6) is 0 Å². The van der Waals surface area contributed by atoms with E-state index in [4.69, 9.17) is 3.83 Å². The Hall–Kier alpha value is 0.944. The molecule has 0 bridgehead atoms. The van der Waals surface area contributed by atoms with Crippen molar-refractivity contribution in [2.24, 2.45) is 0 Å². The molecule has 0 unspecified atom stereocenters. The van der Waals surface area contributed by atoms with Crippen molar-refractivity contribution in [3.63, 3.8) is 0 Å². The van der Waals surface area contributed by atoms with Crippen LogP contribution in [0.15, 0.2) is 0 Å². The van der Waals surface area contributed by atoms with Gasteiger partial charge in [-0.15, -0.1) is 0 Å². The zero-order valence-corrected chi connectivity index (χ0v) is 6.24. The van der Waals surface area contributed by atoms with Crippen molar-refractivity contribution in [1.29, 1.82) is 0 Å². The molecule has 0 aromatic heterocycles. The maximum atomic E-state index is 9.19. The minimum atomic E-state index is -1.11. The fourth-order valence-electron chi connectivity index (χ4n) is 0.0113. The molecule has 0 aromatic carbocycles. The first-order chi connectivity index (χ1) is 3.41. The quantitative estimate of drug-likeness (QED) is 0.605. The van der Waals surface area contributed by atoms with E-state index in [0.29, 0.717) is 0 Å². The van der Waals surface area contributed by atoms with Gasteiger partial charge in [0.2, 0.25) is 0 Å². The molecule has 4 nitrogen and oxygen atoms in total. The average molecular weight is 232 g/mol. The summed E-state index contributed by atoms with van der Waals surface area (Å²) in [4.78, 5) is 0. The van der Waals surface area contributed by atoms with Gasteiger partial charge in [-0.3, -0.25) is 0 Å². The molecule has 47 valence electrons. The van der Waals surface area contributed by atoms with E-state index in [0.717, 1.165) is 0 Å². The Balaban J connectivity index is 0. The van der Waals surface area contributed by atoms with Gasteiger partial charge >= 0.3 is 61.2 Å². The predicted octanol–water partition coefficient (Wildman–Crippen LogP) is -0.432. The van der Waals surface area contributed by atoms with Crippen molar-refractivity contribution in [1.82, 2.24) is 0 Å². The van der Waals surface area contributed by atoms with Gasteiger partial charge in [0.15, 0.2) is 0 Å². The summed E-state index contributed by atoms with van der Waals surface area (Å²) in [6.45, 7) is 0. The summed E-state index contributed by atoms with van der Waals surface area (Å²) in [5.41, 5.74) is 0. The number of rotatable bonds is 2. The van der Waals surface area contributed by atoms with Crippen LogP contribution < -0.4 is 0 Å². The summed E-state index contributed by atoms with van der Waals surface area (Å²) >= 11 is 0.719. The van der Waals surface area contributed by atoms with Crippen molar-refractivity contribution in [2.45, 2.75) is 0 Å². The molecular weight excluding hydrogens is 232 g/mol. The molecule has 0 rings (SSSR count). The fourth-order valence-corrected chi connectivity index (χ4v) is 0.193. The van der Waals surface area contributed by atoms with Crippen molar-refractivity contribution in [3.8, 4) is 0 Å². The Morgan fingerprint density at radius 2 is 1.43 bits per heavy atom. The number of hydrogen-bond acceptors (Lipinski definition) is 4. The Morgan fingerprint density at radius 1 is 1.14 bits per heavy atom. The third-order valence-corrected chi connectivity index (χ3v) is 0.944. The summed E-state index contributed by atoms with van der Waals surface area (Å²) in [6, 6.07) is 0. The van der Waals surface area contributed by atoms with Gasteiger partial charge in [0.25, 0.3) is 0 Å². The number of hydrogen-bond donors (Lipinski definition) is 0. The molecule has 0 heterocycles. The molecule has 0 N–H and O–H groups in total. The van der Waals surface area contributed by atoms with Gasteiger partial charge in [-0.25, -0.2) is 0 Å². The molecule has 0 amide bonds. The van der Waals surface area contributed by atoms with Crippen LogP contribution in [-0.2, 0) is 61.2 Å². The SMILES string of the molecule is [O]=[Cr][O][Cr]=[O].[O]=[Cu]. The van der Waals surface area contributed by atoms with Crippen molar-refractivity contribution in [3.05, 3.63) is 0 Å². The van der Waals surface area contributed by atoms with E-state index in [2.05, 4.69) is 18.8 Å². The molecule has 0 aromatic rings. The summed E-state index contributed by atoms with van der Waals surface area (Å²) in [7, 11) is 0. The van der Waals surface area contributed by atoms with Crippen molar-refractivity contribution >= 4 is 0 Å². The molecule has 7 heteroatoms. The molecule has 7 heavy (non-hydrogen) atoms. The van der Waals surface area contributed by atoms with Crippen LogP contribution in [0.4, 0.5) is 0 Å². The molecule has 0 aliphatic heterocycles. The summed E-state index contributed by atoms with van der Waals surface area (Å²) in [5.74, 6) is 0. The maximum absolute atomic E-state index is 9.19. The van der Waals surface area contributed by atoms with Crippen LogP contribution in [0, 0.1) is 0 Å². The average Bonchev–Trinajstić information content (AvgIpc) is 1.75. The monoisotopic (exact) mass is 231 g/mol. The van der Waals surface area contributed by atoms with E-state index in [1.54, 1.807) is 0 Å². The van der Waals surface area contributed by atoms with Crippen LogP contribution in [0.1, 0.15) is 0 Å². The molecule has 0 aliphatic carbocycles. The normalized spacial score (nSPS) is 5.43. The van der Waals surface area contributed by atoms with Gasteiger partial charge in [0, 0.05) is 0 Å². The van der Waals surface area contributed by atoms with Crippen molar-refractivity contribution in [2.75, 3.05) is 0 Å². The molecule has 0 aliphatic rings. The molecule has 0 fully saturated rings. The van der Waals surface area contributed by atoms with Gasteiger partial charge in [-0.2, -0.15) is 0 Å². The van der Waals surface area contributed by atoms with E-state index in [1.807, 2.05) is 0 Å². The Bertz CT molecular complexity index is 47.7. The first-order valence-corrected chi connectivity index (χ1v) is 3.26. The molecule has 0 radical (unpaired) electrons. The van der Waals surface area contributed by atoms with Crippen molar-refractivity contribution < 1.29 is 61.2 Å². The third-order valence-electron chi connectivity index (χ3n) is 0.0556. The van der Waals surface area contributed by atoms with Gasteiger partial charge in [0.1, 0.15) is 0 Å². The third kappa shape index (κ3) is 19.6. The van der Waals surface area contributed by atoms with Crippen LogP contribution >= 0.6 is 0 Å². The van der Waals surface area contributed by atoms with Crippen LogP contribution in [0.25, 0.3) is 0 Å². The van der Waals surface area contributed by atoms with Crippen LogP contribution in [0.3, 0.4) is 0 Å². The van der Waals surface area contributed by atoms with Gasteiger partial charge in [-0.1, -0.05) is 0 Å². The van der Waals surface area contributed by atoms with Gasteiger partial charge in [-0.05, 0) is 0 Å². The standard InChI is InChI=1S/2Cr.Cu.4O. The van der Waals surface area contributed by atoms with Crippen LogP contribution in [-0.4, -0.2) is 0 Å². The Kier molecular flexibility index (Phi) is 24.4. The molecular formula is Cr2CuO4. The zero-order chi connectivity index (χ0) is 6.12. The first kappa shape index (κ1) is 10.8.